The standard InChI is InChI=1S/C74H47NO/c1-4-18-48(19-5-1)52-24-16-26-54(42-52)56-37-41-71-67(44-56)68-47-58(55-27-17-25-53(43-55)49-20-6-2-7-21-49)46-65(74(68)76-71)57-36-40-70-66(45-57)60-28-14-15-33-69(60)75(70)59-38-34-51(35-39-59)73-63-31-12-10-29-61(63)72(50-22-8-3-9-23-50)62-30-11-13-32-64(62)73/h1-47H. The number of fused-ring (bicyclic) bond motifs is 8. The molecule has 0 saturated heterocycles. The summed E-state index contributed by atoms with van der Waals surface area (Å²) < 4.78 is 9.43. The lowest BCUT2D eigenvalue weighted by molar-refractivity contribution is 0.670. The highest BCUT2D eigenvalue weighted by molar-refractivity contribution is 6.21. The molecule has 2 heterocycles. The van der Waals surface area contributed by atoms with E-state index in [9.17, 15) is 0 Å². The van der Waals surface area contributed by atoms with E-state index in [-0.39, 0.29) is 0 Å². The monoisotopic (exact) mass is 965 g/mol. The molecule has 0 saturated carbocycles. The first kappa shape index (κ1) is 43.6. The van der Waals surface area contributed by atoms with Crippen molar-refractivity contribution in [3.8, 4) is 83.6 Å². The van der Waals surface area contributed by atoms with E-state index in [0.717, 1.165) is 66.5 Å². The van der Waals surface area contributed by atoms with Gasteiger partial charge in [0.15, 0.2) is 0 Å². The van der Waals surface area contributed by atoms with Crippen LogP contribution in [0.4, 0.5) is 0 Å². The van der Waals surface area contributed by atoms with Crippen molar-refractivity contribution in [1.82, 2.24) is 4.57 Å². The molecule has 13 aromatic carbocycles. The second kappa shape index (κ2) is 17.9. The largest absolute Gasteiger partial charge is 0.455 e. The lowest BCUT2D eigenvalue weighted by Crippen LogP contribution is -1.95. The highest BCUT2D eigenvalue weighted by Crippen LogP contribution is 2.46. The first-order chi connectivity index (χ1) is 37.7. The van der Waals surface area contributed by atoms with Crippen LogP contribution in [0.2, 0.25) is 0 Å². The number of nitrogens with zero attached hydrogens (tertiary/aromatic N) is 1. The SMILES string of the molecule is c1ccc(-c2cccc(-c3ccc4oc5c(-c6ccc7c(c6)c6ccccc6n7-c6ccc(-c7c8ccccc8c(-c8ccccc8)c8ccccc78)cc6)cc(-c6cccc(-c7ccccc7)c6)cc5c4c3)c2)cc1. The van der Waals surface area contributed by atoms with E-state index in [0.29, 0.717) is 0 Å². The molecule has 15 rings (SSSR count). The third-order valence-electron chi connectivity index (χ3n) is 15.6. The molecule has 0 unspecified atom stereocenters. The van der Waals surface area contributed by atoms with E-state index < -0.39 is 0 Å². The molecule has 0 amide bonds. The molecule has 0 bridgehead atoms. The van der Waals surface area contributed by atoms with Crippen LogP contribution in [0.3, 0.4) is 0 Å². The van der Waals surface area contributed by atoms with E-state index in [1.807, 2.05) is 0 Å². The molecule has 15 aromatic rings. The Morgan fingerprint density at radius 2 is 0.632 bits per heavy atom. The van der Waals surface area contributed by atoms with Gasteiger partial charge in [0.1, 0.15) is 11.2 Å². The summed E-state index contributed by atoms with van der Waals surface area (Å²) in [5, 5.41) is 9.57. The van der Waals surface area contributed by atoms with Gasteiger partial charge in [-0.15, -0.1) is 0 Å². The number of hydrogen-bond acceptors (Lipinski definition) is 1. The first-order valence-electron chi connectivity index (χ1n) is 26.1. The normalized spacial score (nSPS) is 11.7. The first-order valence-corrected chi connectivity index (χ1v) is 26.1. The Morgan fingerprint density at radius 3 is 1.22 bits per heavy atom. The number of benzene rings is 13. The summed E-state index contributed by atoms with van der Waals surface area (Å²) in [6.45, 7) is 0. The van der Waals surface area contributed by atoms with E-state index in [4.69, 9.17) is 4.42 Å². The van der Waals surface area contributed by atoms with Gasteiger partial charge in [0.2, 0.25) is 0 Å². The van der Waals surface area contributed by atoms with Gasteiger partial charge >= 0.3 is 0 Å². The third-order valence-corrected chi connectivity index (χ3v) is 15.6. The van der Waals surface area contributed by atoms with E-state index in [1.165, 1.54) is 82.4 Å². The van der Waals surface area contributed by atoms with Crippen LogP contribution < -0.4 is 0 Å². The van der Waals surface area contributed by atoms with Gasteiger partial charge in [-0.2, -0.15) is 0 Å². The molecule has 0 atom stereocenters. The maximum absolute atomic E-state index is 7.00. The van der Waals surface area contributed by atoms with Crippen LogP contribution >= 0.6 is 0 Å². The molecule has 0 aliphatic rings. The summed E-state index contributed by atoms with van der Waals surface area (Å²) in [7, 11) is 0. The van der Waals surface area contributed by atoms with Gasteiger partial charge in [-0.05, 0) is 161 Å². The van der Waals surface area contributed by atoms with Gasteiger partial charge in [0.25, 0.3) is 0 Å². The molecule has 2 heteroatoms. The Kier molecular flexibility index (Phi) is 10.2. The molecule has 0 radical (unpaired) electrons. The molecule has 0 fully saturated rings. The van der Waals surface area contributed by atoms with Crippen LogP contribution in [0, 0.1) is 0 Å². The van der Waals surface area contributed by atoms with Crippen molar-refractivity contribution >= 4 is 65.3 Å². The quantitative estimate of drug-likeness (QED) is 0.139. The van der Waals surface area contributed by atoms with Crippen molar-refractivity contribution in [2.45, 2.75) is 0 Å². The summed E-state index contributed by atoms with van der Waals surface area (Å²) in [5.74, 6) is 0. The van der Waals surface area contributed by atoms with Crippen molar-refractivity contribution < 1.29 is 4.42 Å². The predicted octanol–water partition coefficient (Wildman–Crippen LogP) is 20.7. The maximum atomic E-state index is 7.00. The minimum Gasteiger partial charge on any atom is -0.455 e. The average Bonchev–Trinajstić information content (AvgIpc) is 4.06. The molecular formula is C74H47NO. The number of furan rings is 1. The predicted molar refractivity (Wildman–Crippen MR) is 321 cm³/mol. The average molecular weight is 966 g/mol. The fourth-order valence-corrected chi connectivity index (χ4v) is 12.0. The molecular weight excluding hydrogens is 919 g/mol. The topological polar surface area (TPSA) is 18.1 Å². The fraction of sp³-hybridized carbons (Fsp3) is 0. The van der Waals surface area contributed by atoms with Crippen LogP contribution in [0.5, 0.6) is 0 Å². The summed E-state index contributed by atoms with van der Waals surface area (Å²) in [4.78, 5) is 0. The zero-order valence-electron chi connectivity index (χ0n) is 41.5. The van der Waals surface area contributed by atoms with Gasteiger partial charge in [-0.25, -0.2) is 0 Å². The molecule has 354 valence electrons. The van der Waals surface area contributed by atoms with Crippen molar-refractivity contribution in [1.29, 1.82) is 0 Å². The maximum Gasteiger partial charge on any atom is 0.143 e. The molecule has 76 heavy (non-hydrogen) atoms. The van der Waals surface area contributed by atoms with Gasteiger partial charge in [0, 0.05) is 32.8 Å². The molecule has 0 aliphatic heterocycles. The van der Waals surface area contributed by atoms with Gasteiger partial charge in [-0.1, -0.05) is 218 Å². The van der Waals surface area contributed by atoms with Crippen LogP contribution in [-0.4, -0.2) is 4.57 Å². The third kappa shape index (κ3) is 7.26. The second-order valence-electron chi connectivity index (χ2n) is 19.9. The number of para-hydroxylation sites is 1. The molecule has 2 nitrogen and oxygen atoms in total. The Balaban J connectivity index is 0.883. The lowest BCUT2D eigenvalue weighted by atomic mass is 9.86. The van der Waals surface area contributed by atoms with Crippen LogP contribution in [-0.2, 0) is 0 Å². The zero-order chi connectivity index (χ0) is 50.1. The Hall–Kier alpha value is -10.0. The van der Waals surface area contributed by atoms with E-state index in [1.54, 1.807) is 0 Å². The number of hydrogen-bond donors (Lipinski definition) is 0. The summed E-state index contributed by atoms with van der Waals surface area (Å²) in [5.41, 5.74) is 21.6. The minimum atomic E-state index is 0.865. The van der Waals surface area contributed by atoms with Crippen molar-refractivity contribution in [3.05, 3.63) is 285 Å². The Labute approximate surface area is 440 Å². The highest BCUT2D eigenvalue weighted by Gasteiger charge is 2.21. The van der Waals surface area contributed by atoms with E-state index in [2.05, 4.69) is 290 Å². The van der Waals surface area contributed by atoms with Crippen LogP contribution in [0.15, 0.2) is 290 Å². The number of aromatic nitrogens is 1. The second-order valence-corrected chi connectivity index (χ2v) is 19.9. The van der Waals surface area contributed by atoms with Crippen molar-refractivity contribution in [3.63, 3.8) is 0 Å². The zero-order valence-corrected chi connectivity index (χ0v) is 41.5. The smallest absolute Gasteiger partial charge is 0.143 e. The molecule has 2 aromatic heterocycles. The molecule has 0 N–H and O–H groups in total. The van der Waals surface area contributed by atoms with Gasteiger partial charge < -0.3 is 8.98 Å². The number of rotatable bonds is 8. The Morgan fingerprint density at radius 1 is 0.224 bits per heavy atom. The van der Waals surface area contributed by atoms with E-state index >= 15 is 0 Å². The molecule has 0 spiro atoms. The summed E-state index contributed by atoms with van der Waals surface area (Å²) in [6, 6.07) is 104. The van der Waals surface area contributed by atoms with Gasteiger partial charge in [0.05, 0.1) is 11.0 Å². The van der Waals surface area contributed by atoms with Crippen molar-refractivity contribution in [2.24, 2.45) is 0 Å². The highest BCUT2D eigenvalue weighted by atomic mass is 16.3. The summed E-state index contributed by atoms with van der Waals surface area (Å²) >= 11 is 0. The molecule has 0 aliphatic carbocycles. The van der Waals surface area contributed by atoms with Crippen LogP contribution in [0.1, 0.15) is 0 Å². The van der Waals surface area contributed by atoms with Crippen molar-refractivity contribution in [2.75, 3.05) is 0 Å². The summed E-state index contributed by atoms with van der Waals surface area (Å²) in [6.07, 6.45) is 0. The van der Waals surface area contributed by atoms with Gasteiger partial charge in [-0.3, -0.25) is 0 Å². The Bertz CT molecular complexity index is 4660. The minimum absolute atomic E-state index is 0.865. The lowest BCUT2D eigenvalue weighted by Gasteiger charge is -2.18. The fourth-order valence-electron chi connectivity index (χ4n) is 12.0. The van der Waals surface area contributed by atoms with Crippen LogP contribution in [0.25, 0.3) is 149 Å².